The topological polar surface area (TPSA) is 44.5 Å². The number of benzene rings is 1. The van der Waals surface area contributed by atoms with Crippen molar-refractivity contribution in [1.82, 2.24) is 0 Å². The Hall–Kier alpha value is -0.490. The second-order valence-electron chi connectivity index (χ2n) is 4.10. The first-order valence-electron chi connectivity index (χ1n) is 5.34. The summed E-state index contributed by atoms with van der Waals surface area (Å²) >= 11 is 2.25. The van der Waals surface area contributed by atoms with Gasteiger partial charge in [-0.25, -0.2) is 0 Å². The van der Waals surface area contributed by atoms with Crippen LogP contribution in [0.25, 0.3) is 0 Å². The molecule has 1 aliphatic rings. The van der Waals surface area contributed by atoms with Crippen molar-refractivity contribution in [3.8, 4) is 11.5 Å². The van der Waals surface area contributed by atoms with Crippen LogP contribution in [0.3, 0.4) is 0 Å². The van der Waals surface area contributed by atoms with Crippen LogP contribution in [0.1, 0.15) is 24.4 Å². The molecular weight excluding hydrogens is 317 g/mol. The average molecular weight is 333 g/mol. The zero-order chi connectivity index (χ0) is 11.7. The number of hydrogen-bond donors (Lipinski definition) is 1. The summed E-state index contributed by atoms with van der Waals surface area (Å²) in [5.41, 5.74) is 7.33. The van der Waals surface area contributed by atoms with E-state index in [1.54, 1.807) is 14.2 Å². The van der Waals surface area contributed by atoms with Gasteiger partial charge >= 0.3 is 0 Å². The van der Waals surface area contributed by atoms with Gasteiger partial charge in [0.05, 0.1) is 17.8 Å². The van der Waals surface area contributed by atoms with Crippen molar-refractivity contribution < 1.29 is 9.47 Å². The molecule has 16 heavy (non-hydrogen) atoms. The minimum Gasteiger partial charge on any atom is -0.493 e. The number of halogens is 1. The third-order valence-electron chi connectivity index (χ3n) is 2.97. The van der Waals surface area contributed by atoms with Crippen LogP contribution in [0, 0.1) is 9.49 Å². The highest BCUT2D eigenvalue weighted by Gasteiger charge is 2.30. The van der Waals surface area contributed by atoms with Crippen LogP contribution in [0.5, 0.6) is 11.5 Å². The first kappa shape index (κ1) is 12.0. The monoisotopic (exact) mass is 333 g/mol. The van der Waals surface area contributed by atoms with Gasteiger partial charge < -0.3 is 15.2 Å². The molecule has 0 saturated heterocycles. The van der Waals surface area contributed by atoms with Crippen LogP contribution in [0.2, 0.25) is 0 Å². The predicted molar refractivity (Wildman–Crippen MR) is 71.9 cm³/mol. The maximum Gasteiger partial charge on any atom is 0.174 e. The van der Waals surface area contributed by atoms with Crippen LogP contribution in [0.4, 0.5) is 0 Å². The van der Waals surface area contributed by atoms with Crippen LogP contribution in [0.15, 0.2) is 12.1 Å². The molecule has 0 aliphatic heterocycles. The molecule has 0 heterocycles. The Labute approximate surface area is 109 Å². The normalized spacial score (nSPS) is 17.0. The van der Waals surface area contributed by atoms with E-state index in [1.165, 1.54) is 12.8 Å². The summed E-state index contributed by atoms with van der Waals surface area (Å²) in [5.74, 6) is 2.20. The first-order valence-corrected chi connectivity index (χ1v) is 6.42. The van der Waals surface area contributed by atoms with Gasteiger partial charge in [-0.15, -0.1) is 0 Å². The van der Waals surface area contributed by atoms with Crippen molar-refractivity contribution in [1.29, 1.82) is 0 Å². The Balaban J connectivity index is 2.36. The summed E-state index contributed by atoms with van der Waals surface area (Å²) in [6, 6.07) is 4.21. The summed E-state index contributed by atoms with van der Waals surface area (Å²) in [7, 11) is 3.31. The zero-order valence-corrected chi connectivity index (χ0v) is 11.7. The Morgan fingerprint density at radius 2 is 2.00 bits per heavy atom. The quantitative estimate of drug-likeness (QED) is 0.862. The smallest absolute Gasteiger partial charge is 0.174 e. The Morgan fingerprint density at radius 3 is 2.50 bits per heavy atom. The third kappa shape index (κ3) is 2.27. The molecule has 0 spiro atoms. The van der Waals surface area contributed by atoms with E-state index in [2.05, 4.69) is 28.7 Å². The molecule has 1 atom stereocenters. The Kier molecular flexibility index (Phi) is 3.59. The number of ether oxygens (including phenoxy) is 2. The SMILES string of the molecule is COc1cc(C(N)C2CC2)cc(I)c1OC. The van der Waals surface area contributed by atoms with Gasteiger partial charge in [-0.3, -0.25) is 0 Å². The van der Waals surface area contributed by atoms with Gasteiger partial charge in [-0.1, -0.05) is 0 Å². The first-order chi connectivity index (χ1) is 7.67. The molecule has 1 fully saturated rings. The van der Waals surface area contributed by atoms with Crippen molar-refractivity contribution in [2.24, 2.45) is 11.7 Å². The van der Waals surface area contributed by atoms with Gasteiger partial charge in [0.2, 0.25) is 0 Å². The minimum absolute atomic E-state index is 0.133. The van der Waals surface area contributed by atoms with Gasteiger partial charge in [0, 0.05) is 6.04 Å². The fourth-order valence-corrected chi connectivity index (χ4v) is 2.70. The largest absolute Gasteiger partial charge is 0.493 e. The number of methoxy groups -OCH3 is 2. The van der Waals surface area contributed by atoms with Gasteiger partial charge in [0.25, 0.3) is 0 Å². The predicted octanol–water partition coefficient (Wildman–Crippen LogP) is 2.72. The molecule has 1 saturated carbocycles. The highest BCUT2D eigenvalue weighted by Crippen LogP contribution is 2.42. The summed E-state index contributed by atoms with van der Waals surface area (Å²) in [5, 5.41) is 0. The second-order valence-corrected chi connectivity index (χ2v) is 5.26. The number of nitrogens with two attached hydrogens (primary N) is 1. The number of rotatable bonds is 4. The summed E-state index contributed by atoms with van der Waals surface area (Å²) in [6.45, 7) is 0. The van der Waals surface area contributed by atoms with E-state index in [0.29, 0.717) is 5.92 Å². The maximum absolute atomic E-state index is 6.18. The van der Waals surface area contributed by atoms with Crippen molar-refractivity contribution in [2.45, 2.75) is 18.9 Å². The third-order valence-corrected chi connectivity index (χ3v) is 3.77. The fourth-order valence-electron chi connectivity index (χ4n) is 1.86. The summed E-state index contributed by atoms with van der Waals surface area (Å²) in [4.78, 5) is 0. The van der Waals surface area contributed by atoms with Gasteiger partial charge in [0.1, 0.15) is 0 Å². The lowest BCUT2D eigenvalue weighted by atomic mass is 10.0. The van der Waals surface area contributed by atoms with Crippen molar-refractivity contribution >= 4 is 22.6 Å². The lowest BCUT2D eigenvalue weighted by molar-refractivity contribution is 0.352. The zero-order valence-electron chi connectivity index (χ0n) is 9.50. The van der Waals surface area contributed by atoms with Gasteiger partial charge in [-0.2, -0.15) is 0 Å². The molecule has 1 aromatic rings. The van der Waals surface area contributed by atoms with E-state index in [1.807, 2.05) is 6.07 Å². The summed E-state index contributed by atoms with van der Waals surface area (Å²) in [6.07, 6.45) is 2.48. The molecule has 4 heteroatoms. The summed E-state index contributed by atoms with van der Waals surface area (Å²) < 4.78 is 11.7. The molecule has 0 aromatic heterocycles. The van der Waals surface area contributed by atoms with E-state index in [4.69, 9.17) is 15.2 Å². The van der Waals surface area contributed by atoms with E-state index < -0.39 is 0 Å². The molecular formula is C12H16INO2. The highest BCUT2D eigenvalue weighted by molar-refractivity contribution is 14.1. The van der Waals surface area contributed by atoms with E-state index in [-0.39, 0.29) is 6.04 Å². The standard InChI is InChI=1S/C12H16INO2/c1-15-10-6-8(11(14)7-3-4-7)5-9(13)12(10)16-2/h5-7,11H,3-4,14H2,1-2H3. The lowest BCUT2D eigenvalue weighted by Crippen LogP contribution is -2.13. The molecule has 0 radical (unpaired) electrons. The average Bonchev–Trinajstić information content (AvgIpc) is 3.10. The van der Waals surface area contributed by atoms with Crippen molar-refractivity contribution in [2.75, 3.05) is 14.2 Å². The van der Waals surface area contributed by atoms with Gasteiger partial charge in [-0.05, 0) is 59.0 Å². The Morgan fingerprint density at radius 1 is 1.31 bits per heavy atom. The fraction of sp³-hybridized carbons (Fsp3) is 0.500. The van der Waals surface area contributed by atoms with E-state index in [0.717, 1.165) is 20.6 Å². The molecule has 1 aromatic carbocycles. The highest BCUT2D eigenvalue weighted by atomic mass is 127. The molecule has 0 amide bonds. The van der Waals surface area contributed by atoms with Crippen LogP contribution < -0.4 is 15.2 Å². The number of hydrogen-bond acceptors (Lipinski definition) is 3. The van der Waals surface area contributed by atoms with Gasteiger partial charge in [0.15, 0.2) is 11.5 Å². The molecule has 2 N–H and O–H groups in total. The van der Waals surface area contributed by atoms with Crippen LogP contribution in [-0.4, -0.2) is 14.2 Å². The second kappa shape index (κ2) is 4.79. The molecule has 2 rings (SSSR count). The van der Waals surface area contributed by atoms with Crippen molar-refractivity contribution in [3.05, 3.63) is 21.3 Å². The van der Waals surface area contributed by atoms with Crippen LogP contribution >= 0.6 is 22.6 Å². The molecule has 3 nitrogen and oxygen atoms in total. The maximum atomic E-state index is 6.18. The lowest BCUT2D eigenvalue weighted by Gasteiger charge is -2.15. The van der Waals surface area contributed by atoms with E-state index >= 15 is 0 Å². The van der Waals surface area contributed by atoms with Crippen molar-refractivity contribution in [3.63, 3.8) is 0 Å². The molecule has 1 aliphatic carbocycles. The van der Waals surface area contributed by atoms with E-state index in [9.17, 15) is 0 Å². The van der Waals surface area contributed by atoms with Crippen LogP contribution in [-0.2, 0) is 0 Å². The minimum atomic E-state index is 0.133. The molecule has 1 unspecified atom stereocenters. The Bertz CT molecular complexity index is 391. The molecule has 0 bridgehead atoms. The molecule has 88 valence electrons.